The average Bonchev–Trinajstić information content (AvgIpc) is 2.26. The van der Waals surface area contributed by atoms with Crippen LogP contribution in [-0.4, -0.2) is 20.4 Å². The Labute approximate surface area is 84.0 Å². The smallest absolute Gasteiger partial charge is 0.147 e. The van der Waals surface area contributed by atoms with Crippen LogP contribution in [0.3, 0.4) is 0 Å². The first-order valence-corrected chi connectivity index (χ1v) is 4.82. The highest BCUT2D eigenvalue weighted by Crippen LogP contribution is 2.41. The monoisotopic (exact) mass is 203 g/mol. The average molecular weight is 203 g/mol. The summed E-state index contributed by atoms with van der Waals surface area (Å²) in [6.07, 6.45) is 5.07. The number of hydrogen-bond donors (Lipinski definition) is 1. The molecule has 0 aliphatic carbocycles. The molecule has 2 aromatic heterocycles. The largest absolute Gasteiger partial charge is 0.351 e. The fourth-order valence-corrected chi connectivity index (χ4v) is 2.06. The molecule has 68 valence electrons. The van der Waals surface area contributed by atoms with E-state index >= 15 is 0 Å². The molecule has 5 nitrogen and oxygen atoms in total. The van der Waals surface area contributed by atoms with E-state index in [0.717, 1.165) is 21.3 Å². The first-order chi connectivity index (χ1) is 6.93. The summed E-state index contributed by atoms with van der Waals surface area (Å²) in [6, 6.07) is 1.89. The first-order valence-electron chi connectivity index (χ1n) is 4.01. The van der Waals surface area contributed by atoms with Crippen molar-refractivity contribution in [2.24, 2.45) is 0 Å². The molecule has 3 rings (SSSR count). The predicted octanol–water partition coefficient (Wildman–Crippen LogP) is 1.47. The van der Waals surface area contributed by atoms with Crippen LogP contribution in [0, 0.1) is 0 Å². The topological polar surface area (TPSA) is 63.6 Å². The van der Waals surface area contributed by atoms with Crippen molar-refractivity contribution >= 4 is 23.1 Å². The zero-order valence-corrected chi connectivity index (χ0v) is 7.82. The maximum atomic E-state index is 4.02. The normalized spacial score (nSPS) is 12.6. The van der Waals surface area contributed by atoms with Crippen LogP contribution in [-0.2, 0) is 0 Å². The Morgan fingerprint density at radius 1 is 1.07 bits per heavy atom. The van der Waals surface area contributed by atoms with Crippen LogP contribution in [0.2, 0.25) is 0 Å². The lowest BCUT2D eigenvalue weighted by atomic mass is 10.4. The van der Waals surface area contributed by atoms with Gasteiger partial charge in [0.05, 0.1) is 34.9 Å². The van der Waals surface area contributed by atoms with Crippen molar-refractivity contribution in [1.29, 1.82) is 0 Å². The molecule has 0 spiro atoms. The number of hydrogen-bond acceptors (Lipinski definition) is 6. The van der Waals surface area contributed by atoms with E-state index in [1.54, 1.807) is 30.4 Å². The van der Waals surface area contributed by atoms with Crippen molar-refractivity contribution in [2.75, 3.05) is 5.32 Å². The number of aromatic nitrogens is 4. The molecule has 0 amide bonds. The van der Waals surface area contributed by atoms with Crippen molar-refractivity contribution in [3.05, 3.63) is 24.7 Å². The molecule has 3 heterocycles. The van der Waals surface area contributed by atoms with Gasteiger partial charge in [-0.25, -0.2) is 0 Å². The Bertz CT molecular complexity index is 399. The van der Waals surface area contributed by atoms with Crippen molar-refractivity contribution in [2.45, 2.75) is 9.92 Å². The number of anilines is 2. The van der Waals surface area contributed by atoms with E-state index in [9.17, 15) is 0 Å². The van der Waals surface area contributed by atoms with Crippen molar-refractivity contribution in [3.8, 4) is 0 Å². The summed E-state index contributed by atoms with van der Waals surface area (Å²) in [4.78, 5) is 1.02. The van der Waals surface area contributed by atoms with Gasteiger partial charge in [-0.05, 0) is 6.07 Å². The Balaban J connectivity index is 2.12. The molecule has 0 bridgehead atoms. The van der Waals surface area contributed by atoms with Gasteiger partial charge < -0.3 is 5.32 Å². The fraction of sp³-hybridized carbons (Fsp3) is 0. The van der Waals surface area contributed by atoms with Crippen LogP contribution in [0.1, 0.15) is 0 Å². The fourth-order valence-electron chi connectivity index (χ4n) is 1.22. The van der Waals surface area contributed by atoms with Crippen molar-refractivity contribution < 1.29 is 0 Å². The second-order valence-electron chi connectivity index (χ2n) is 2.74. The van der Waals surface area contributed by atoms with Crippen LogP contribution in [0.25, 0.3) is 0 Å². The number of nitrogens with one attached hydrogen (secondary N) is 1. The number of rotatable bonds is 0. The number of nitrogens with zero attached hydrogens (tertiary/aromatic N) is 4. The molecule has 0 aromatic carbocycles. The minimum absolute atomic E-state index is 0.869. The van der Waals surface area contributed by atoms with Gasteiger partial charge >= 0.3 is 0 Å². The van der Waals surface area contributed by atoms with E-state index < -0.39 is 0 Å². The van der Waals surface area contributed by atoms with Crippen molar-refractivity contribution in [3.63, 3.8) is 0 Å². The molecule has 0 fully saturated rings. The molecular formula is C8H5N5S. The van der Waals surface area contributed by atoms with Crippen LogP contribution < -0.4 is 5.32 Å². The summed E-state index contributed by atoms with van der Waals surface area (Å²) in [5, 5.41) is 19.5. The van der Waals surface area contributed by atoms with Gasteiger partial charge in [-0.15, -0.1) is 5.10 Å². The molecule has 0 saturated carbocycles. The highest BCUT2D eigenvalue weighted by Gasteiger charge is 2.16. The van der Waals surface area contributed by atoms with E-state index in [4.69, 9.17) is 0 Å². The minimum Gasteiger partial charge on any atom is -0.351 e. The maximum absolute atomic E-state index is 4.02. The molecule has 0 radical (unpaired) electrons. The molecule has 0 atom stereocenters. The van der Waals surface area contributed by atoms with Gasteiger partial charge in [0.2, 0.25) is 0 Å². The maximum Gasteiger partial charge on any atom is 0.147 e. The molecule has 14 heavy (non-hydrogen) atoms. The van der Waals surface area contributed by atoms with E-state index in [2.05, 4.69) is 25.7 Å². The summed E-state index contributed by atoms with van der Waals surface area (Å²) >= 11 is 1.54. The van der Waals surface area contributed by atoms with Gasteiger partial charge in [0, 0.05) is 0 Å². The Morgan fingerprint density at radius 2 is 2.00 bits per heavy atom. The summed E-state index contributed by atoms with van der Waals surface area (Å²) in [6.45, 7) is 0. The molecule has 0 unspecified atom stereocenters. The van der Waals surface area contributed by atoms with E-state index in [-0.39, 0.29) is 0 Å². The van der Waals surface area contributed by atoms with Crippen LogP contribution in [0.15, 0.2) is 34.6 Å². The van der Waals surface area contributed by atoms with E-state index in [1.807, 2.05) is 6.07 Å². The third-order valence-corrected chi connectivity index (χ3v) is 2.90. The quantitative estimate of drug-likeness (QED) is 0.597. The lowest BCUT2D eigenvalue weighted by Gasteiger charge is -2.17. The zero-order valence-electron chi connectivity index (χ0n) is 7.01. The van der Waals surface area contributed by atoms with Gasteiger partial charge in [0.1, 0.15) is 5.03 Å². The predicted molar refractivity (Wildman–Crippen MR) is 51.5 cm³/mol. The van der Waals surface area contributed by atoms with E-state index in [1.165, 1.54) is 0 Å². The molecule has 1 aliphatic rings. The standard InChI is InChI=1S/C8H5N5S/c1-2-9-13-8-5(1)12-6-3-10-11-4-7(6)14-8/h1-4,12H. The second kappa shape index (κ2) is 2.91. The summed E-state index contributed by atoms with van der Waals surface area (Å²) in [5.41, 5.74) is 1.93. The lowest BCUT2D eigenvalue weighted by molar-refractivity contribution is 0.921. The third-order valence-electron chi connectivity index (χ3n) is 1.86. The third kappa shape index (κ3) is 1.12. The Morgan fingerprint density at radius 3 is 3.00 bits per heavy atom. The van der Waals surface area contributed by atoms with E-state index in [0.29, 0.717) is 0 Å². The molecule has 1 N–H and O–H groups in total. The molecular weight excluding hydrogens is 198 g/mol. The zero-order chi connectivity index (χ0) is 9.38. The van der Waals surface area contributed by atoms with Gasteiger partial charge in [0.15, 0.2) is 0 Å². The molecule has 1 aliphatic heterocycles. The highest BCUT2D eigenvalue weighted by molar-refractivity contribution is 7.99. The van der Waals surface area contributed by atoms with Crippen LogP contribution >= 0.6 is 11.8 Å². The molecule has 6 heteroatoms. The second-order valence-corrected chi connectivity index (χ2v) is 3.77. The highest BCUT2D eigenvalue weighted by atomic mass is 32.2. The van der Waals surface area contributed by atoms with Crippen LogP contribution in [0.4, 0.5) is 11.4 Å². The van der Waals surface area contributed by atoms with Crippen LogP contribution in [0.5, 0.6) is 0 Å². The molecule has 0 saturated heterocycles. The summed E-state index contributed by atoms with van der Waals surface area (Å²) < 4.78 is 0. The van der Waals surface area contributed by atoms with Gasteiger partial charge in [0.25, 0.3) is 0 Å². The van der Waals surface area contributed by atoms with Gasteiger partial charge in [-0.3, -0.25) is 0 Å². The van der Waals surface area contributed by atoms with Gasteiger partial charge in [-0.1, -0.05) is 11.8 Å². The Kier molecular flexibility index (Phi) is 1.60. The summed E-state index contributed by atoms with van der Waals surface area (Å²) in [5.74, 6) is 0. The number of fused-ring (bicyclic) bond motifs is 2. The van der Waals surface area contributed by atoms with Crippen molar-refractivity contribution in [1.82, 2.24) is 20.4 Å². The summed E-state index contributed by atoms with van der Waals surface area (Å²) in [7, 11) is 0. The Hall–Kier alpha value is -1.69. The van der Waals surface area contributed by atoms with Gasteiger partial charge in [-0.2, -0.15) is 15.3 Å². The lowest BCUT2D eigenvalue weighted by Crippen LogP contribution is -2.03. The molecule has 2 aromatic rings. The minimum atomic E-state index is 0.869. The first kappa shape index (κ1) is 7.69. The SMILES string of the molecule is c1cc2c(nn1)Sc1cnncc1N2.